The van der Waals surface area contributed by atoms with Gasteiger partial charge in [-0.05, 0) is 18.5 Å². The predicted molar refractivity (Wildman–Crippen MR) is 65.8 cm³/mol. The van der Waals surface area contributed by atoms with Gasteiger partial charge in [-0.15, -0.1) is 16.4 Å². The molecule has 1 N–H and O–H groups in total. The van der Waals surface area contributed by atoms with Gasteiger partial charge in [0.05, 0.1) is 10.7 Å². The molecule has 86 valence electrons. The molecular weight excluding hydrogens is 244 g/mol. The number of hydrogen-bond donors (Lipinski definition) is 1. The Kier molecular flexibility index (Phi) is 3.58. The Bertz CT molecular complexity index is 465. The molecule has 1 atom stereocenters. The molecule has 0 aliphatic carbocycles. The highest BCUT2D eigenvalue weighted by atomic mass is 35.5. The van der Waals surface area contributed by atoms with Crippen molar-refractivity contribution in [1.82, 2.24) is 20.3 Å². The fraction of sp³-hybridized carbons (Fsp3) is 0.400. The van der Waals surface area contributed by atoms with Crippen LogP contribution < -0.4 is 5.32 Å². The van der Waals surface area contributed by atoms with Crippen molar-refractivity contribution in [1.29, 1.82) is 0 Å². The van der Waals surface area contributed by atoms with E-state index in [0.717, 1.165) is 22.0 Å². The van der Waals surface area contributed by atoms with E-state index in [-0.39, 0.29) is 6.04 Å². The minimum Gasteiger partial charge on any atom is -0.312 e. The third-order valence-electron chi connectivity index (χ3n) is 2.37. The molecule has 4 nitrogen and oxygen atoms in total. The van der Waals surface area contributed by atoms with Crippen molar-refractivity contribution in [2.75, 3.05) is 7.05 Å². The molecule has 2 aromatic heterocycles. The zero-order valence-electron chi connectivity index (χ0n) is 9.14. The lowest BCUT2D eigenvalue weighted by Crippen LogP contribution is -2.18. The summed E-state index contributed by atoms with van der Waals surface area (Å²) in [7, 11) is 3.79. The molecule has 16 heavy (non-hydrogen) atoms. The number of thiophene rings is 1. The molecule has 0 aliphatic heterocycles. The average molecular weight is 257 g/mol. The Morgan fingerprint density at radius 3 is 2.94 bits per heavy atom. The highest BCUT2D eigenvalue weighted by Gasteiger charge is 2.16. The van der Waals surface area contributed by atoms with Gasteiger partial charge in [-0.3, -0.25) is 4.68 Å². The Hall–Kier alpha value is -0.910. The number of aromatic nitrogens is 3. The maximum absolute atomic E-state index is 6.11. The van der Waals surface area contributed by atoms with Crippen LogP contribution in [-0.2, 0) is 13.5 Å². The number of rotatable bonds is 4. The highest BCUT2D eigenvalue weighted by Crippen LogP contribution is 2.30. The summed E-state index contributed by atoms with van der Waals surface area (Å²) in [6.07, 6.45) is 2.72. The molecule has 2 heterocycles. The first-order valence-corrected chi connectivity index (χ1v) is 6.22. The van der Waals surface area contributed by atoms with Crippen LogP contribution in [0.1, 0.15) is 16.6 Å². The standard InChI is InChI=1S/C10H13ClN4S/c1-12-9(10-8(11)3-4-16-10)5-7-6-15(2)14-13-7/h3-4,6,9,12H,5H2,1-2H3. The number of hydrogen-bond acceptors (Lipinski definition) is 4. The minimum absolute atomic E-state index is 0.198. The van der Waals surface area contributed by atoms with Gasteiger partial charge in [0.25, 0.3) is 0 Å². The molecule has 0 amide bonds. The number of nitrogens with zero attached hydrogens (tertiary/aromatic N) is 3. The third-order valence-corrected chi connectivity index (χ3v) is 3.85. The quantitative estimate of drug-likeness (QED) is 0.910. The molecule has 0 fully saturated rings. The summed E-state index contributed by atoms with van der Waals surface area (Å²) >= 11 is 7.77. The molecule has 0 spiro atoms. The third kappa shape index (κ3) is 2.42. The Balaban J connectivity index is 2.15. The van der Waals surface area contributed by atoms with Gasteiger partial charge >= 0.3 is 0 Å². The van der Waals surface area contributed by atoms with Crippen LogP contribution in [0.25, 0.3) is 0 Å². The van der Waals surface area contributed by atoms with Crippen LogP contribution in [-0.4, -0.2) is 22.0 Å². The van der Waals surface area contributed by atoms with E-state index in [0.29, 0.717) is 0 Å². The lowest BCUT2D eigenvalue weighted by Gasteiger charge is -2.13. The molecule has 0 saturated heterocycles. The molecule has 2 rings (SSSR count). The Morgan fingerprint density at radius 1 is 1.62 bits per heavy atom. The van der Waals surface area contributed by atoms with Gasteiger partial charge in [0.2, 0.25) is 0 Å². The van der Waals surface area contributed by atoms with Gasteiger partial charge in [-0.25, -0.2) is 0 Å². The molecule has 0 aromatic carbocycles. The topological polar surface area (TPSA) is 42.7 Å². The number of likely N-dealkylation sites (N-methyl/N-ethyl adjacent to an activating group) is 1. The number of aryl methyl sites for hydroxylation is 1. The smallest absolute Gasteiger partial charge is 0.0846 e. The maximum atomic E-state index is 6.11. The van der Waals surface area contributed by atoms with Crippen LogP contribution in [0.3, 0.4) is 0 Å². The summed E-state index contributed by atoms with van der Waals surface area (Å²) < 4.78 is 1.71. The van der Waals surface area contributed by atoms with Crippen molar-refractivity contribution in [2.24, 2.45) is 7.05 Å². The van der Waals surface area contributed by atoms with E-state index in [9.17, 15) is 0 Å². The predicted octanol–water partition coefficient (Wildman–Crippen LogP) is 2.03. The van der Waals surface area contributed by atoms with E-state index in [1.165, 1.54) is 0 Å². The number of nitrogens with one attached hydrogen (secondary N) is 1. The van der Waals surface area contributed by atoms with Crippen LogP contribution >= 0.6 is 22.9 Å². The van der Waals surface area contributed by atoms with Crippen LogP contribution in [0.15, 0.2) is 17.6 Å². The molecular formula is C10H13ClN4S. The Morgan fingerprint density at radius 2 is 2.44 bits per heavy atom. The first kappa shape index (κ1) is 11.6. The van der Waals surface area contributed by atoms with Crippen LogP contribution in [0, 0.1) is 0 Å². The monoisotopic (exact) mass is 256 g/mol. The van der Waals surface area contributed by atoms with E-state index in [2.05, 4.69) is 15.6 Å². The first-order chi connectivity index (χ1) is 7.70. The van der Waals surface area contributed by atoms with E-state index >= 15 is 0 Å². The normalized spacial score (nSPS) is 12.9. The molecule has 1 unspecified atom stereocenters. The van der Waals surface area contributed by atoms with Gasteiger partial charge in [0.15, 0.2) is 0 Å². The van der Waals surface area contributed by atoms with Gasteiger partial charge in [0.1, 0.15) is 0 Å². The second-order valence-electron chi connectivity index (χ2n) is 3.56. The summed E-state index contributed by atoms with van der Waals surface area (Å²) in [6.45, 7) is 0. The Labute approximate surface area is 103 Å². The van der Waals surface area contributed by atoms with E-state index in [1.54, 1.807) is 16.0 Å². The van der Waals surface area contributed by atoms with Gasteiger partial charge in [0, 0.05) is 30.6 Å². The van der Waals surface area contributed by atoms with Crippen molar-refractivity contribution >= 4 is 22.9 Å². The minimum atomic E-state index is 0.198. The second-order valence-corrected chi connectivity index (χ2v) is 4.92. The fourth-order valence-electron chi connectivity index (χ4n) is 1.58. The second kappa shape index (κ2) is 4.95. The summed E-state index contributed by atoms with van der Waals surface area (Å²) in [6, 6.07) is 2.12. The number of halogens is 1. The van der Waals surface area contributed by atoms with Crippen molar-refractivity contribution in [3.63, 3.8) is 0 Å². The summed E-state index contributed by atoms with van der Waals surface area (Å²) in [5.74, 6) is 0. The SMILES string of the molecule is CNC(Cc1cn(C)nn1)c1sccc1Cl. The van der Waals surface area contributed by atoms with E-state index in [4.69, 9.17) is 11.6 Å². The lowest BCUT2D eigenvalue weighted by molar-refractivity contribution is 0.593. The van der Waals surface area contributed by atoms with Crippen molar-refractivity contribution in [2.45, 2.75) is 12.5 Å². The molecule has 0 radical (unpaired) electrons. The summed E-state index contributed by atoms with van der Waals surface area (Å²) in [5, 5.41) is 14.1. The van der Waals surface area contributed by atoms with Gasteiger partial charge in [-0.2, -0.15) is 0 Å². The molecule has 0 saturated carbocycles. The van der Waals surface area contributed by atoms with Gasteiger partial charge in [-0.1, -0.05) is 16.8 Å². The summed E-state index contributed by atoms with van der Waals surface area (Å²) in [5.41, 5.74) is 0.964. The highest BCUT2D eigenvalue weighted by molar-refractivity contribution is 7.10. The lowest BCUT2D eigenvalue weighted by atomic mass is 10.1. The van der Waals surface area contributed by atoms with Crippen molar-refractivity contribution in [3.8, 4) is 0 Å². The molecule has 0 bridgehead atoms. The molecule has 6 heteroatoms. The van der Waals surface area contributed by atoms with Crippen molar-refractivity contribution in [3.05, 3.63) is 33.2 Å². The van der Waals surface area contributed by atoms with Crippen LogP contribution in [0.4, 0.5) is 0 Å². The first-order valence-electron chi connectivity index (χ1n) is 4.96. The van der Waals surface area contributed by atoms with Crippen LogP contribution in [0.5, 0.6) is 0 Å². The summed E-state index contributed by atoms with van der Waals surface area (Å²) in [4.78, 5) is 1.15. The molecule has 0 aliphatic rings. The largest absolute Gasteiger partial charge is 0.312 e. The van der Waals surface area contributed by atoms with Crippen LogP contribution in [0.2, 0.25) is 5.02 Å². The molecule has 2 aromatic rings. The average Bonchev–Trinajstić information content (AvgIpc) is 2.84. The maximum Gasteiger partial charge on any atom is 0.0846 e. The zero-order chi connectivity index (χ0) is 11.5. The van der Waals surface area contributed by atoms with Crippen molar-refractivity contribution < 1.29 is 0 Å². The fourth-order valence-corrected chi connectivity index (χ4v) is 2.88. The zero-order valence-corrected chi connectivity index (χ0v) is 10.7. The van der Waals surface area contributed by atoms with E-state index in [1.807, 2.05) is 31.7 Å². The van der Waals surface area contributed by atoms with Gasteiger partial charge < -0.3 is 5.32 Å². The van der Waals surface area contributed by atoms with E-state index < -0.39 is 0 Å².